The van der Waals surface area contributed by atoms with E-state index in [9.17, 15) is 0 Å². The molecule has 3 heterocycles. The van der Waals surface area contributed by atoms with Gasteiger partial charge < -0.3 is 8.83 Å². The van der Waals surface area contributed by atoms with E-state index >= 15 is 0 Å². The molecule has 7 heteroatoms. The number of nitrogens with zero attached hydrogens (tertiary/aromatic N) is 3. The van der Waals surface area contributed by atoms with E-state index in [1.54, 1.807) is 12.5 Å². The Kier molecular flexibility index (Phi) is 4.15. The monoisotopic (exact) mass is 309 g/mol. The van der Waals surface area contributed by atoms with Gasteiger partial charge in [-0.1, -0.05) is 16.1 Å². The van der Waals surface area contributed by atoms with Gasteiger partial charge in [0.05, 0.1) is 25.6 Å². The second-order valence-corrected chi connectivity index (χ2v) is 5.65. The van der Waals surface area contributed by atoms with E-state index in [1.807, 2.05) is 24.3 Å². The molecule has 5 nitrogen and oxygen atoms in total. The van der Waals surface area contributed by atoms with Crippen LogP contribution in [0.3, 0.4) is 0 Å². The molecule has 0 aromatic carbocycles. The highest BCUT2D eigenvalue weighted by Crippen LogP contribution is 2.21. The Bertz CT molecular complexity index is 600. The van der Waals surface area contributed by atoms with Crippen LogP contribution in [0.15, 0.2) is 45.6 Å². The minimum Gasteiger partial charge on any atom is -0.468 e. The van der Waals surface area contributed by atoms with Crippen molar-refractivity contribution in [2.45, 2.75) is 19.6 Å². The molecule has 0 atom stereocenters. The smallest absolute Gasteiger partial charge is 0.138 e. The van der Waals surface area contributed by atoms with Gasteiger partial charge in [0.2, 0.25) is 0 Å². The molecule has 0 aliphatic heterocycles. The molecule has 0 saturated heterocycles. The summed E-state index contributed by atoms with van der Waals surface area (Å²) < 4.78 is 15.3. The molecule has 3 aromatic rings. The predicted octanol–water partition coefficient (Wildman–Crippen LogP) is 3.58. The highest BCUT2D eigenvalue weighted by Gasteiger charge is 2.15. The Balaban J connectivity index is 1.74. The van der Waals surface area contributed by atoms with Crippen molar-refractivity contribution in [3.63, 3.8) is 0 Å². The van der Waals surface area contributed by atoms with Crippen LogP contribution in [0.25, 0.3) is 0 Å². The standard InChI is InChI=1S/C13H12ClN3O2S/c14-13-12(15-16-20-13)9-17(7-10-3-1-5-18-10)8-11-4-2-6-19-11/h1-6H,7-9H2. The maximum Gasteiger partial charge on any atom is 0.138 e. The third kappa shape index (κ3) is 3.27. The Morgan fingerprint density at radius 3 is 2.15 bits per heavy atom. The van der Waals surface area contributed by atoms with E-state index in [4.69, 9.17) is 20.4 Å². The number of rotatable bonds is 6. The molecule has 0 spiro atoms. The highest BCUT2D eigenvalue weighted by atomic mass is 35.5. The molecule has 0 aliphatic rings. The summed E-state index contributed by atoms with van der Waals surface area (Å²) in [5, 5.41) is 4.05. The molecular formula is C13H12ClN3O2S. The maximum absolute atomic E-state index is 6.07. The van der Waals surface area contributed by atoms with Crippen LogP contribution in [-0.4, -0.2) is 14.5 Å². The van der Waals surface area contributed by atoms with Crippen LogP contribution in [-0.2, 0) is 19.6 Å². The van der Waals surface area contributed by atoms with E-state index in [0.717, 1.165) is 17.2 Å². The molecule has 0 saturated carbocycles. The molecule has 104 valence electrons. The van der Waals surface area contributed by atoms with Crippen LogP contribution in [0, 0.1) is 0 Å². The summed E-state index contributed by atoms with van der Waals surface area (Å²) in [6, 6.07) is 7.63. The summed E-state index contributed by atoms with van der Waals surface area (Å²) in [5.74, 6) is 1.77. The summed E-state index contributed by atoms with van der Waals surface area (Å²) in [5.41, 5.74) is 0.773. The van der Waals surface area contributed by atoms with Crippen molar-refractivity contribution in [2.24, 2.45) is 0 Å². The summed E-state index contributed by atoms with van der Waals surface area (Å²) in [6.45, 7) is 1.90. The fourth-order valence-corrected chi connectivity index (χ4v) is 2.53. The third-order valence-electron chi connectivity index (χ3n) is 2.80. The molecule has 0 amide bonds. The number of halogens is 1. The van der Waals surface area contributed by atoms with Crippen LogP contribution < -0.4 is 0 Å². The van der Waals surface area contributed by atoms with E-state index in [1.165, 1.54) is 11.5 Å². The van der Waals surface area contributed by atoms with Crippen molar-refractivity contribution < 1.29 is 8.83 Å². The van der Waals surface area contributed by atoms with E-state index in [0.29, 0.717) is 24.0 Å². The van der Waals surface area contributed by atoms with E-state index in [-0.39, 0.29) is 0 Å². The molecule has 0 unspecified atom stereocenters. The SMILES string of the molecule is Clc1snnc1CN(Cc1ccco1)Cc1ccco1. The molecule has 0 aliphatic carbocycles. The van der Waals surface area contributed by atoms with Gasteiger partial charge in [-0.15, -0.1) is 5.10 Å². The van der Waals surface area contributed by atoms with Crippen LogP contribution in [0.5, 0.6) is 0 Å². The molecule has 3 rings (SSSR count). The van der Waals surface area contributed by atoms with Crippen molar-refractivity contribution in [1.82, 2.24) is 14.5 Å². The second-order valence-electron chi connectivity index (χ2n) is 4.30. The van der Waals surface area contributed by atoms with E-state index < -0.39 is 0 Å². The lowest BCUT2D eigenvalue weighted by Gasteiger charge is -2.18. The summed E-state index contributed by atoms with van der Waals surface area (Å²) in [7, 11) is 0. The van der Waals surface area contributed by atoms with Crippen LogP contribution in [0.2, 0.25) is 4.34 Å². The Hall–Kier alpha value is -1.63. The predicted molar refractivity (Wildman–Crippen MR) is 75.3 cm³/mol. The minimum absolute atomic E-state index is 0.594. The Morgan fingerprint density at radius 2 is 1.70 bits per heavy atom. The zero-order valence-electron chi connectivity index (χ0n) is 10.5. The first-order chi connectivity index (χ1) is 9.81. The molecule has 20 heavy (non-hydrogen) atoms. The molecule has 0 radical (unpaired) electrons. The van der Waals surface area contributed by atoms with Gasteiger partial charge in [0.25, 0.3) is 0 Å². The average molecular weight is 310 g/mol. The summed E-state index contributed by atoms with van der Waals surface area (Å²) in [4.78, 5) is 2.14. The summed E-state index contributed by atoms with van der Waals surface area (Å²) >= 11 is 7.26. The largest absolute Gasteiger partial charge is 0.468 e. The quantitative estimate of drug-likeness (QED) is 0.696. The number of furan rings is 2. The average Bonchev–Trinajstić information content (AvgIpc) is 3.15. The lowest BCUT2D eigenvalue weighted by Crippen LogP contribution is -2.22. The van der Waals surface area contributed by atoms with Crippen molar-refractivity contribution in [2.75, 3.05) is 0 Å². The van der Waals surface area contributed by atoms with Gasteiger partial charge in [0.1, 0.15) is 21.6 Å². The van der Waals surface area contributed by atoms with Gasteiger partial charge >= 0.3 is 0 Å². The number of hydrogen-bond donors (Lipinski definition) is 0. The first-order valence-corrected chi connectivity index (χ1v) is 7.20. The van der Waals surface area contributed by atoms with Crippen LogP contribution >= 0.6 is 23.1 Å². The van der Waals surface area contributed by atoms with Gasteiger partial charge in [-0.2, -0.15) is 0 Å². The van der Waals surface area contributed by atoms with Crippen LogP contribution in [0.4, 0.5) is 0 Å². The van der Waals surface area contributed by atoms with Gasteiger partial charge in [0.15, 0.2) is 0 Å². The summed E-state index contributed by atoms with van der Waals surface area (Å²) in [6.07, 6.45) is 3.33. The molecule has 0 bridgehead atoms. The fourth-order valence-electron chi connectivity index (χ4n) is 1.92. The third-order valence-corrected chi connectivity index (χ3v) is 3.79. The molecule has 0 N–H and O–H groups in total. The first-order valence-electron chi connectivity index (χ1n) is 6.05. The second kappa shape index (κ2) is 6.21. The van der Waals surface area contributed by atoms with Gasteiger partial charge in [-0.25, -0.2) is 0 Å². The topological polar surface area (TPSA) is 55.3 Å². The molecule has 3 aromatic heterocycles. The first kappa shape index (κ1) is 13.4. The number of hydrogen-bond acceptors (Lipinski definition) is 6. The van der Waals surface area contributed by atoms with Crippen molar-refractivity contribution in [1.29, 1.82) is 0 Å². The number of aromatic nitrogens is 2. The zero-order valence-corrected chi connectivity index (χ0v) is 12.1. The van der Waals surface area contributed by atoms with Gasteiger partial charge in [-0.05, 0) is 24.3 Å². The minimum atomic E-state index is 0.594. The maximum atomic E-state index is 6.07. The van der Waals surface area contributed by atoms with Crippen molar-refractivity contribution in [3.05, 3.63) is 58.3 Å². The highest BCUT2D eigenvalue weighted by molar-refractivity contribution is 7.10. The Morgan fingerprint density at radius 1 is 1.05 bits per heavy atom. The zero-order chi connectivity index (χ0) is 13.8. The fraction of sp³-hybridized carbons (Fsp3) is 0.231. The normalized spacial score (nSPS) is 11.3. The lowest BCUT2D eigenvalue weighted by molar-refractivity contribution is 0.207. The van der Waals surface area contributed by atoms with Crippen molar-refractivity contribution >= 4 is 23.1 Å². The Labute approximate surface area is 124 Å². The van der Waals surface area contributed by atoms with Crippen molar-refractivity contribution in [3.8, 4) is 0 Å². The molecular weight excluding hydrogens is 298 g/mol. The van der Waals surface area contributed by atoms with Gasteiger partial charge in [-0.3, -0.25) is 4.90 Å². The lowest BCUT2D eigenvalue weighted by atomic mass is 10.3. The molecule has 0 fully saturated rings. The van der Waals surface area contributed by atoms with Crippen LogP contribution in [0.1, 0.15) is 17.2 Å². The van der Waals surface area contributed by atoms with Gasteiger partial charge in [0, 0.05) is 18.1 Å². The van der Waals surface area contributed by atoms with E-state index in [2.05, 4.69) is 14.5 Å².